The molecule has 0 radical (unpaired) electrons. The molecule has 0 atom stereocenters. The van der Waals surface area contributed by atoms with Crippen LogP contribution in [0.2, 0.25) is 0 Å². The Hall–Kier alpha value is -1.36. The van der Waals surface area contributed by atoms with Crippen molar-refractivity contribution in [3.05, 3.63) is 31.4 Å². The molecule has 0 aliphatic heterocycles. The standard InChI is InChI=1S/C10H16N4S/c1-2-4-12-10(15)13-5-3-7-14-8-6-11-9-14/h2,6,8-9H,1,3-5,7H2,(H2,12,13,15). The fourth-order valence-electron chi connectivity index (χ4n) is 1.11. The van der Waals surface area contributed by atoms with E-state index in [1.807, 2.05) is 17.1 Å². The largest absolute Gasteiger partial charge is 0.363 e. The molecule has 0 unspecified atom stereocenters. The zero-order chi connectivity index (χ0) is 10.9. The summed E-state index contributed by atoms with van der Waals surface area (Å²) in [5.41, 5.74) is 0. The minimum atomic E-state index is 0.681. The average Bonchev–Trinajstić information content (AvgIpc) is 2.74. The van der Waals surface area contributed by atoms with Gasteiger partial charge in [0, 0.05) is 32.0 Å². The Kier molecular flexibility index (Phi) is 5.47. The summed E-state index contributed by atoms with van der Waals surface area (Å²) in [6, 6.07) is 0. The van der Waals surface area contributed by atoms with Gasteiger partial charge in [-0.3, -0.25) is 0 Å². The van der Waals surface area contributed by atoms with Crippen LogP contribution in [0, 0.1) is 0 Å². The van der Waals surface area contributed by atoms with Crippen LogP contribution >= 0.6 is 12.2 Å². The number of aromatic nitrogens is 2. The second kappa shape index (κ2) is 7.00. The predicted octanol–water partition coefficient (Wildman–Crippen LogP) is 0.923. The SMILES string of the molecule is C=CCNC(=S)NCCCn1ccnc1. The quantitative estimate of drug-likeness (QED) is 0.428. The second-order valence-electron chi connectivity index (χ2n) is 3.08. The Bertz CT molecular complexity index is 294. The van der Waals surface area contributed by atoms with Gasteiger partial charge in [0.2, 0.25) is 0 Å². The Balaban J connectivity index is 2.01. The molecular weight excluding hydrogens is 208 g/mol. The fourth-order valence-corrected chi connectivity index (χ4v) is 1.30. The van der Waals surface area contributed by atoms with E-state index in [9.17, 15) is 0 Å². The van der Waals surface area contributed by atoms with E-state index in [2.05, 4.69) is 22.2 Å². The molecule has 1 rings (SSSR count). The monoisotopic (exact) mass is 224 g/mol. The molecule has 1 heterocycles. The first-order chi connectivity index (χ1) is 7.33. The number of thiocarbonyl (C=S) groups is 1. The molecule has 0 aromatic carbocycles. The van der Waals surface area contributed by atoms with E-state index in [0.29, 0.717) is 11.7 Å². The van der Waals surface area contributed by atoms with E-state index in [1.54, 1.807) is 12.3 Å². The molecule has 0 saturated heterocycles. The smallest absolute Gasteiger partial charge is 0.166 e. The summed E-state index contributed by atoms with van der Waals surface area (Å²) in [6.07, 6.45) is 8.35. The van der Waals surface area contributed by atoms with E-state index in [4.69, 9.17) is 12.2 Å². The van der Waals surface area contributed by atoms with Crippen LogP contribution < -0.4 is 10.6 Å². The van der Waals surface area contributed by atoms with Gasteiger partial charge in [-0.15, -0.1) is 6.58 Å². The number of imidazole rings is 1. The molecule has 2 N–H and O–H groups in total. The van der Waals surface area contributed by atoms with Crippen molar-refractivity contribution >= 4 is 17.3 Å². The summed E-state index contributed by atoms with van der Waals surface area (Å²) in [5, 5.41) is 6.81. The van der Waals surface area contributed by atoms with Gasteiger partial charge >= 0.3 is 0 Å². The van der Waals surface area contributed by atoms with Crippen LogP contribution in [0.1, 0.15) is 6.42 Å². The molecule has 4 nitrogen and oxygen atoms in total. The van der Waals surface area contributed by atoms with E-state index in [0.717, 1.165) is 19.5 Å². The van der Waals surface area contributed by atoms with Crippen molar-refractivity contribution in [3.8, 4) is 0 Å². The van der Waals surface area contributed by atoms with Crippen LogP contribution in [0.25, 0.3) is 0 Å². The summed E-state index contributed by atoms with van der Waals surface area (Å²) >= 11 is 5.04. The Morgan fingerprint density at radius 1 is 1.53 bits per heavy atom. The first kappa shape index (κ1) is 11.7. The zero-order valence-electron chi connectivity index (χ0n) is 8.65. The maximum Gasteiger partial charge on any atom is 0.166 e. The van der Waals surface area contributed by atoms with Gasteiger partial charge in [-0.1, -0.05) is 6.08 Å². The first-order valence-electron chi connectivity index (χ1n) is 4.91. The molecule has 1 aromatic rings. The molecule has 0 aliphatic carbocycles. The maximum atomic E-state index is 5.04. The lowest BCUT2D eigenvalue weighted by molar-refractivity contribution is 0.628. The summed E-state index contributed by atoms with van der Waals surface area (Å²) in [5.74, 6) is 0. The minimum Gasteiger partial charge on any atom is -0.363 e. The van der Waals surface area contributed by atoms with Crippen molar-refractivity contribution < 1.29 is 0 Å². The van der Waals surface area contributed by atoms with Gasteiger partial charge in [-0.2, -0.15) is 0 Å². The number of nitrogens with zero attached hydrogens (tertiary/aromatic N) is 2. The van der Waals surface area contributed by atoms with E-state index in [-0.39, 0.29) is 0 Å². The third-order valence-corrected chi connectivity index (χ3v) is 2.13. The van der Waals surface area contributed by atoms with Crippen molar-refractivity contribution in [2.75, 3.05) is 13.1 Å². The van der Waals surface area contributed by atoms with Crippen LogP contribution in [-0.4, -0.2) is 27.8 Å². The van der Waals surface area contributed by atoms with Gasteiger partial charge in [0.05, 0.1) is 6.33 Å². The van der Waals surface area contributed by atoms with Crippen molar-refractivity contribution in [1.29, 1.82) is 0 Å². The summed E-state index contributed by atoms with van der Waals surface area (Å²) in [6.45, 7) is 6.12. The highest BCUT2D eigenvalue weighted by molar-refractivity contribution is 7.80. The molecule has 82 valence electrons. The van der Waals surface area contributed by atoms with Gasteiger partial charge in [0.15, 0.2) is 5.11 Å². The molecule has 0 aliphatic rings. The van der Waals surface area contributed by atoms with Crippen LogP contribution in [0.15, 0.2) is 31.4 Å². The van der Waals surface area contributed by atoms with Crippen LogP contribution in [0.5, 0.6) is 0 Å². The normalized spacial score (nSPS) is 9.60. The molecule has 1 aromatic heterocycles. The molecule has 0 bridgehead atoms. The second-order valence-corrected chi connectivity index (χ2v) is 3.49. The highest BCUT2D eigenvalue weighted by atomic mass is 32.1. The average molecular weight is 224 g/mol. The highest BCUT2D eigenvalue weighted by Gasteiger charge is 1.93. The van der Waals surface area contributed by atoms with Gasteiger partial charge in [0.1, 0.15) is 0 Å². The van der Waals surface area contributed by atoms with Crippen LogP contribution in [0.3, 0.4) is 0 Å². The van der Waals surface area contributed by atoms with Gasteiger partial charge in [-0.05, 0) is 18.6 Å². The molecule has 0 amide bonds. The number of nitrogens with one attached hydrogen (secondary N) is 2. The van der Waals surface area contributed by atoms with Gasteiger partial charge in [0.25, 0.3) is 0 Å². The van der Waals surface area contributed by atoms with Gasteiger partial charge in [-0.25, -0.2) is 4.98 Å². The summed E-state index contributed by atoms with van der Waals surface area (Å²) in [4.78, 5) is 3.97. The van der Waals surface area contributed by atoms with Crippen molar-refractivity contribution in [1.82, 2.24) is 20.2 Å². The number of hydrogen-bond acceptors (Lipinski definition) is 2. The number of hydrogen-bond donors (Lipinski definition) is 2. The first-order valence-corrected chi connectivity index (χ1v) is 5.32. The van der Waals surface area contributed by atoms with E-state index < -0.39 is 0 Å². The molecular formula is C10H16N4S. The highest BCUT2D eigenvalue weighted by Crippen LogP contribution is 1.88. The Morgan fingerprint density at radius 3 is 3.07 bits per heavy atom. The number of rotatable bonds is 6. The molecule has 5 heteroatoms. The molecule has 0 saturated carbocycles. The van der Waals surface area contributed by atoms with Crippen LogP contribution in [0.4, 0.5) is 0 Å². The van der Waals surface area contributed by atoms with E-state index in [1.165, 1.54) is 0 Å². The number of aryl methyl sites for hydroxylation is 1. The summed E-state index contributed by atoms with van der Waals surface area (Å²) < 4.78 is 2.04. The lowest BCUT2D eigenvalue weighted by Gasteiger charge is -2.08. The lowest BCUT2D eigenvalue weighted by atomic mass is 10.4. The zero-order valence-corrected chi connectivity index (χ0v) is 9.46. The predicted molar refractivity (Wildman–Crippen MR) is 65.6 cm³/mol. The van der Waals surface area contributed by atoms with Crippen molar-refractivity contribution in [2.24, 2.45) is 0 Å². The molecule has 0 fully saturated rings. The summed E-state index contributed by atoms with van der Waals surface area (Å²) in [7, 11) is 0. The third-order valence-electron chi connectivity index (χ3n) is 1.84. The topological polar surface area (TPSA) is 41.9 Å². The Morgan fingerprint density at radius 2 is 2.40 bits per heavy atom. The third kappa shape index (κ3) is 5.17. The minimum absolute atomic E-state index is 0.681. The van der Waals surface area contributed by atoms with Crippen molar-refractivity contribution in [2.45, 2.75) is 13.0 Å². The molecule has 15 heavy (non-hydrogen) atoms. The maximum absolute atomic E-state index is 5.04. The fraction of sp³-hybridized carbons (Fsp3) is 0.400. The Labute approximate surface area is 95.4 Å². The van der Waals surface area contributed by atoms with Crippen LogP contribution in [-0.2, 0) is 6.54 Å². The molecule has 0 spiro atoms. The van der Waals surface area contributed by atoms with E-state index >= 15 is 0 Å². The lowest BCUT2D eigenvalue weighted by Crippen LogP contribution is -2.35. The van der Waals surface area contributed by atoms with Crippen molar-refractivity contribution in [3.63, 3.8) is 0 Å². The van der Waals surface area contributed by atoms with Gasteiger partial charge < -0.3 is 15.2 Å².